The molecule has 1 aromatic carbocycles. The molecular formula is C16H16O5. The van der Waals surface area contributed by atoms with Crippen LogP contribution in [-0.4, -0.2) is 26.2 Å². The maximum absolute atomic E-state index is 12.0. The van der Waals surface area contributed by atoms with Crippen molar-refractivity contribution < 1.29 is 23.5 Å². The lowest BCUT2D eigenvalue weighted by Gasteiger charge is -2.26. The number of benzene rings is 1. The molecule has 2 aromatic rings. The molecule has 1 aliphatic rings. The van der Waals surface area contributed by atoms with Crippen LogP contribution < -0.4 is 0 Å². The number of carbonyl (C=O) groups excluding carboxylic acids is 2. The highest BCUT2D eigenvalue weighted by Gasteiger charge is 2.41. The summed E-state index contributed by atoms with van der Waals surface area (Å²) in [5, 5.41) is 0.990. The van der Waals surface area contributed by atoms with Crippen molar-refractivity contribution in [3.63, 3.8) is 0 Å². The number of hydrogen-bond acceptors (Lipinski definition) is 5. The van der Waals surface area contributed by atoms with Crippen molar-refractivity contribution >= 4 is 22.9 Å². The van der Waals surface area contributed by atoms with Gasteiger partial charge in [0.05, 0.1) is 26.1 Å². The van der Waals surface area contributed by atoms with Gasteiger partial charge in [0.15, 0.2) is 0 Å². The van der Waals surface area contributed by atoms with Crippen LogP contribution in [0.25, 0.3) is 11.0 Å². The van der Waals surface area contributed by atoms with Crippen LogP contribution in [0.4, 0.5) is 0 Å². The number of para-hydroxylation sites is 1. The lowest BCUT2D eigenvalue weighted by atomic mass is 9.78. The third-order valence-electron chi connectivity index (χ3n) is 4.10. The third-order valence-corrected chi connectivity index (χ3v) is 4.10. The maximum atomic E-state index is 12.0. The molecule has 0 N–H and O–H groups in total. The van der Waals surface area contributed by atoms with Crippen LogP contribution >= 0.6 is 0 Å². The van der Waals surface area contributed by atoms with Crippen molar-refractivity contribution in [3.05, 3.63) is 35.6 Å². The highest BCUT2D eigenvalue weighted by molar-refractivity contribution is 5.87. The molecule has 1 aliphatic carbocycles. The first-order valence-electron chi connectivity index (χ1n) is 6.80. The second-order valence-corrected chi connectivity index (χ2v) is 5.17. The van der Waals surface area contributed by atoms with Crippen LogP contribution in [0, 0.1) is 11.8 Å². The molecule has 1 heterocycles. The summed E-state index contributed by atoms with van der Waals surface area (Å²) in [5.74, 6) is -1.13. The quantitative estimate of drug-likeness (QED) is 0.792. The second-order valence-electron chi connectivity index (χ2n) is 5.17. The molecule has 110 valence electrons. The Kier molecular flexibility index (Phi) is 3.41. The fourth-order valence-corrected chi connectivity index (χ4v) is 3.04. The minimum atomic E-state index is -0.560. The number of fused-ring (bicyclic) bond motifs is 3. The Hall–Kier alpha value is -2.30. The highest BCUT2D eigenvalue weighted by Crippen LogP contribution is 2.37. The minimum absolute atomic E-state index is 0.358. The van der Waals surface area contributed by atoms with Crippen LogP contribution in [0.5, 0.6) is 0 Å². The van der Waals surface area contributed by atoms with Crippen LogP contribution in [0.15, 0.2) is 28.7 Å². The summed E-state index contributed by atoms with van der Waals surface area (Å²) >= 11 is 0. The monoisotopic (exact) mass is 288 g/mol. The summed E-state index contributed by atoms with van der Waals surface area (Å²) in [7, 11) is 2.66. The van der Waals surface area contributed by atoms with Crippen LogP contribution in [0.2, 0.25) is 0 Å². The van der Waals surface area contributed by atoms with Crippen molar-refractivity contribution in [2.45, 2.75) is 12.8 Å². The van der Waals surface area contributed by atoms with Crippen LogP contribution in [0.1, 0.15) is 11.3 Å². The van der Waals surface area contributed by atoms with Gasteiger partial charge in [0.1, 0.15) is 11.3 Å². The van der Waals surface area contributed by atoms with E-state index in [1.807, 2.05) is 24.3 Å². The van der Waals surface area contributed by atoms with Crippen molar-refractivity contribution in [2.75, 3.05) is 14.2 Å². The van der Waals surface area contributed by atoms with E-state index >= 15 is 0 Å². The van der Waals surface area contributed by atoms with E-state index in [1.54, 1.807) is 0 Å². The lowest BCUT2D eigenvalue weighted by molar-refractivity contribution is -0.158. The minimum Gasteiger partial charge on any atom is -0.469 e. The van der Waals surface area contributed by atoms with Crippen molar-refractivity contribution in [2.24, 2.45) is 11.8 Å². The molecule has 5 nitrogen and oxygen atoms in total. The smallest absolute Gasteiger partial charge is 0.310 e. The average molecular weight is 288 g/mol. The molecular weight excluding hydrogens is 272 g/mol. The average Bonchev–Trinajstić information content (AvgIpc) is 2.89. The highest BCUT2D eigenvalue weighted by atomic mass is 16.5. The van der Waals surface area contributed by atoms with Gasteiger partial charge in [0.2, 0.25) is 0 Å². The predicted octanol–water partition coefficient (Wildman–Crippen LogP) is 2.11. The molecule has 0 saturated carbocycles. The van der Waals surface area contributed by atoms with Crippen molar-refractivity contribution in [1.29, 1.82) is 0 Å². The molecule has 0 bridgehead atoms. The van der Waals surface area contributed by atoms with E-state index in [4.69, 9.17) is 13.9 Å². The zero-order valence-corrected chi connectivity index (χ0v) is 11.9. The Balaban J connectivity index is 2.07. The number of hydrogen-bond donors (Lipinski definition) is 0. The number of methoxy groups -OCH3 is 2. The zero-order valence-electron chi connectivity index (χ0n) is 11.9. The van der Waals surface area contributed by atoms with Crippen molar-refractivity contribution in [3.8, 4) is 0 Å². The number of carbonyl (C=O) groups is 2. The van der Waals surface area contributed by atoms with E-state index in [0.29, 0.717) is 12.8 Å². The van der Waals surface area contributed by atoms with Gasteiger partial charge in [0, 0.05) is 17.4 Å². The summed E-state index contributed by atoms with van der Waals surface area (Å²) in [6, 6.07) is 7.67. The van der Waals surface area contributed by atoms with Gasteiger partial charge >= 0.3 is 11.9 Å². The summed E-state index contributed by atoms with van der Waals surface area (Å²) in [5.41, 5.74) is 1.76. The summed E-state index contributed by atoms with van der Waals surface area (Å²) < 4.78 is 15.5. The first-order chi connectivity index (χ1) is 10.2. The van der Waals surface area contributed by atoms with E-state index in [-0.39, 0.29) is 5.97 Å². The fourth-order valence-electron chi connectivity index (χ4n) is 3.04. The largest absolute Gasteiger partial charge is 0.469 e. The van der Waals surface area contributed by atoms with E-state index < -0.39 is 17.8 Å². The van der Waals surface area contributed by atoms with Crippen LogP contribution in [-0.2, 0) is 31.9 Å². The first-order valence-corrected chi connectivity index (χ1v) is 6.80. The van der Waals surface area contributed by atoms with Gasteiger partial charge in [-0.25, -0.2) is 0 Å². The predicted molar refractivity (Wildman–Crippen MR) is 74.6 cm³/mol. The fraction of sp³-hybridized carbons (Fsp3) is 0.375. The molecule has 0 spiro atoms. The topological polar surface area (TPSA) is 65.7 Å². The van der Waals surface area contributed by atoms with Crippen molar-refractivity contribution in [1.82, 2.24) is 0 Å². The van der Waals surface area contributed by atoms with Gasteiger partial charge in [-0.1, -0.05) is 18.2 Å². The van der Waals surface area contributed by atoms with Gasteiger partial charge in [-0.2, -0.15) is 0 Å². The lowest BCUT2D eigenvalue weighted by Crippen LogP contribution is -2.37. The maximum Gasteiger partial charge on any atom is 0.310 e. The number of furan rings is 1. The first kappa shape index (κ1) is 13.7. The van der Waals surface area contributed by atoms with E-state index in [9.17, 15) is 9.59 Å². The SMILES string of the molecule is COC(=O)[C@@H]1Cc2oc3ccccc3c2C[C@H]1C(=O)OC. The van der Waals surface area contributed by atoms with Gasteiger partial charge in [-0.3, -0.25) is 9.59 Å². The standard InChI is InChI=1S/C16H16O5/c1-19-15(17)11-7-10-9-5-3-4-6-13(9)21-14(10)8-12(11)16(18)20-2/h3-6,11-12H,7-8H2,1-2H3/t11-,12-/m1/s1. The van der Waals surface area contributed by atoms with Gasteiger partial charge in [0.25, 0.3) is 0 Å². The van der Waals surface area contributed by atoms with Crippen LogP contribution in [0.3, 0.4) is 0 Å². The number of esters is 2. The Labute approximate surface area is 121 Å². The molecule has 3 rings (SSSR count). The van der Waals surface area contributed by atoms with E-state index in [0.717, 1.165) is 22.3 Å². The molecule has 5 heteroatoms. The number of rotatable bonds is 2. The molecule has 0 aliphatic heterocycles. The Bertz CT molecular complexity index is 700. The summed E-state index contributed by atoms with van der Waals surface area (Å²) in [6.07, 6.45) is 0.787. The van der Waals surface area contributed by atoms with E-state index in [1.165, 1.54) is 14.2 Å². The summed E-state index contributed by atoms with van der Waals surface area (Å²) in [4.78, 5) is 24.0. The van der Waals surface area contributed by atoms with Gasteiger partial charge in [-0.15, -0.1) is 0 Å². The molecule has 21 heavy (non-hydrogen) atoms. The number of ether oxygens (including phenoxy) is 2. The molecule has 0 saturated heterocycles. The zero-order chi connectivity index (χ0) is 15.0. The summed E-state index contributed by atoms with van der Waals surface area (Å²) in [6.45, 7) is 0. The normalized spacial score (nSPS) is 20.9. The second kappa shape index (κ2) is 5.24. The molecule has 0 amide bonds. The molecule has 0 fully saturated rings. The van der Waals surface area contributed by atoms with Gasteiger partial charge in [-0.05, 0) is 12.5 Å². The molecule has 1 aromatic heterocycles. The van der Waals surface area contributed by atoms with E-state index in [2.05, 4.69) is 0 Å². The molecule has 0 unspecified atom stereocenters. The van der Waals surface area contributed by atoms with Gasteiger partial charge < -0.3 is 13.9 Å². The Morgan fingerprint density at radius 1 is 1.05 bits per heavy atom. The Morgan fingerprint density at radius 3 is 2.33 bits per heavy atom. The third kappa shape index (κ3) is 2.18. The Morgan fingerprint density at radius 2 is 1.67 bits per heavy atom. The molecule has 0 radical (unpaired) electrons. The molecule has 2 atom stereocenters.